The van der Waals surface area contributed by atoms with E-state index in [4.69, 9.17) is 10.2 Å². The molecule has 0 saturated heterocycles. The number of aliphatic hydroxyl groups excluding tert-OH is 2. The molecule has 8 heteroatoms. The topological polar surface area (TPSA) is 112 Å². The maximum absolute atomic E-state index is 10.1. The lowest BCUT2D eigenvalue weighted by Gasteiger charge is -2.16. The van der Waals surface area contributed by atoms with E-state index in [9.17, 15) is 9.59 Å². The van der Waals surface area contributed by atoms with E-state index in [1.807, 2.05) is 0 Å². The van der Waals surface area contributed by atoms with Crippen LogP contribution in [0.15, 0.2) is 25.3 Å². The molecular formula is C15H28O8. The Kier molecular flexibility index (Phi) is 20.8. The van der Waals surface area contributed by atoms with E-state index >= 15 is 0 Å². The van der Waals surface area contributed by atoms with Gasteiger partial charge in [-0.3, -0.25) is 9.78 Å². The molecule has 136 valence electrons. The van der Waals surface area contributed by atoms with E-state index in [0.29, 0.717) is 13.2 Å². The molecule has 0 fully saturated rings. The van der Waals surface area contributed by atoms with Gasteiger partial charge in [-0.15, -0.1) is 0 Å². The highest BCUT2D eigenvalue weighted by atomic mass is 17.2. The van der Waals surface area contributed by atoms with Crippen LogP contribution in [0.2, 0.25) is 0 Å². The van der Waals surface area contributed by atoms with Crippen molar-refractivity contribution in [2.75, 3.05) is 26.4 Å². The summed E-state index contributed by atoms with van der Waals surface area (Å²) >= 11 is 0. The first kappa shape index (κ1) is 26.2. The molecule has 0 radical (unpaired) electrons. The van der Waals surface area contributed by atoms with Crippen molar-refractivity contribution in [2.24, 2.45) is 5.41 Å². The van der Waals surface area contributed by atoms with Gasteiger partial charge in [0.2, 0.25) is 0 Å². The smallest absolute Gasteiger partial charge is 0.365 e. The number of carbonyl (C=O) groups excluding carboxylic acids is 2. The maximum Gasteiger partial charge on any atom is 0.365 e. The minimum atomic E-state index is -0.563. The third kappa shape index (κ3) is 25.6. The first-order chi connectivity index (χ1) is 10.7. The monoisotopic (exact) mass is 336 g/mol. The molecule has 0 aromatic heterocycles. The SMILES string of the molecule is C=CC(=O)OOCC.C=CC(=O)OOCC.CC(C)(CO)CO. The average Bonchev–Trinajstić information content (AvgIpc) is 2.58. The standard InChI is InChI=1S/2C5H8O3.C5H12O2/c2*1-3-5(6)8-7-4-2;1-5(2,3-6)4-7/h2*3H,1,4H2,2H3;6-7H,3-4H2,1-2H3. The van der Waals surface area contributed by atoms with E-state index in [0.717, 1.165) is 12.2 Å². The number of aliphatic hydroxyl groups is 2. The predicted molar refractivity (Wildman–Crippen MR) is 83.8 cm³/mol. The minimum Gasteiger partial charge on any atom is -0.396 e. The van der Waals surface area contributed by atoms with Crippen LogP contribution in [-0.2, 0) is 29.1 Å². The van der Waals surface area contributed by atoms with Crippen LogP contribution in [0.1, 0.15) is 27.7 Å². The van der Waals surface area contributed by atoms with Gasteiger partial charge >= 0.3 is 11.9 Å². The molecule has 23 heavy (non-hydrogen) atoms. The Balaban J connectivity index is -0.000000262. The summed E-state index contributed by atoms with van der Waals surface area (Å²) in [6.07, 6.45) is 2.07. The average molecular weight is 336 g/mol. The first-order valence-corrected chi connectivity index (χ1v) is 6.87. The molecule has 0 aliphatic heterocycles. The zero-order valence-electron chi connectivity index (χ0n) is 14.2. The second-order valence-electron chi connectivity index (χ2n) is 4.51. The lowest BCUT2D eigenvalue weighted by Crippen LogP contribution is -2.20. The zero-order valence-corrected chi connectivity index (χ0v) is 14.2. The molecule has 0 heterocycles. The van der Waals surface area contributed by atoms with Crippen molar-refractivity contribution in [1.29, 1.82) is 0 Å². The van der Waals surface area contributed by atoms with Crippen molar-refractivity contribution in [2.45, 2.75) is 27.7 Å². The van der Waals surface area contributed by atoms with Gasteiger partial charge < -0.3 is 10.2 Å². The molecule has 0 unspecified atom stereocenters. The molecule has 0 aromatic carbocycles. The van der Waals surface area contributed by atoms with E-state index in [-0.39, 0.29) is 18.6 Å². The van der Waals surface area contributed by atoms with Crippen molar-refractivity contribution < 1.29 is 39.4 Å². The van der Waals surface area contributed by atoms with Gasteiger partial charge in [0.25, 0.3) is 0 Å². The molecule has 0 bridgehead atoms. The van der Waals surface area contributed by atoms with Gasteiger partial charge in [0.05, 0.1) is 26.4 Å². The van der Waals surface area contributed by atoms with Crippen molar-refractivity contribution in [1.82, 2.24) is 0 Å². The van der Waals surface area contributed by atoms with Crippen molar-refractivity contribution in [3.63, 3.8) is 0 Å². The Hall–Kier alpha value is -1.74. The number of hydrogen-bond donors (Lipinski definition) is 2. The summed E-state index contributed by atoms with van der Waals surface area (Å²) in [4.78, 5) is 36.9. The normalized spacial score (nSPS) is 9.30. The van der Waals surface area contributed by atoms with Crippen LogP contribution in [0.4, 0.5) is 0 Å². The molecule has 0 rings (SSSR count). The Bertz CT molecular complexity index is 295. The Morgan fingerprint density at radius 3 is 1.35 bits per heavy atom. The molecule has 2 N–H and O–H groups in total. The quantitative estimate of drug-likeness (QED) is 0.388. The second kappa shape index (κ2) is 18.3. The van der Waals surface area contributed by atoms with E-state index in [2.05, 4.69) is 32.7 Å². The Morgan fingerprint density at radius 1 is 0.913 bits per heavy atom. The van der Waals surface area contributed by atoms with Gasteiger partial charge in [-0.2, -0.15) is 9.78 Å². The van der Waals surface area contributed by atoms with Crippen LogP contribution in [0, 0.1) is 5.41 Å². The van der Waals surface area contributed by atoms with E-state index in [1.54, 1.807) is 27.7 Å². The van der Waals surface area contributed by atoms with E-state index in [1.165, 1.54) is 0 Å². The van der Waals surface area contributed by atoms with Crippen LogP contribution >= 0.6 is 0 Å². The fraction of sp³-hybridized carbons (Fsp3) is 0.600. The number of hydrogen-bond acceptors (Lipinski definition) is 8. The largest absolute Gasteiger partial charge is 0.396 e. The Morgan fingerprint density at radius 2 is 1.22 bits per heavy atom. The number of carbonyl (C=O) groups is 2. The molecule has 0 aromatic rings. The summed E-state index contributed by atoms with van der Waals surface area (Å²) in [5, 5.41) is 16.9. The highest BCUT2D eigenvalue weighted by Gasteiger charge is 2.13. The molecule has 0 amide bonds. The van der Waals surface area contributed by atoms with Gasteiger partial charge in [0, 0.05) is 17.6 Å². The fourth-order valence-electron chi connectivity index (χ4n) is 0.352. The third-order valence-corrected chi connectivity index (χ3v) is 1.71. The van der Waals surface area contributed by atoms with Crippen molar-refractivity contribution >= 4 is 11.9 Å². The highest BCUT2D eigenvalue weighted by Crippen LogP contribution is 2.10. The summed E-state index contributed by atoms with van der Waals surface area (Å²) in [6.45, 7) is 14.2. The minimum absolute atomic E-state index is 0.0451. The number of rotatable bonds is 8. The second-order valence-corrected chi connectivity index (χ2v) is 4.51. The van der Waals surface area contributed by atoms with Gasteiger partial charge in [0.15, 0.2) is 0 Å². The molecule has 0 aliphatic carbocycles. The predicted octanol–water partition coefficient (Wildman–Crippen LogP) is 1.33. The van der Waals surface area contributed by atoms with Crippen LogP contribution in [0.3, 0.4) is 0 Å². The molecular weight excluding hydrogens is 308 g/mol. The molecule has 0 atom stereocenters. The fourth-order valence-corrected chi connectivity index (χ4v) is 0.352. The van der Waals surface area contributed by atoms with Crippen molar-refractivity contribution in [3.05, 3.63) is 25.3 Å². The third-order valence-electron chi connectivity index (χ3n) is 1.71. The van der Waals surface area contributed by atoms with Gasteiger partial charge in [-0.05, 0) is 13.8 Å². The van der Waals surface area contributed by atoms with Crippen LogP contribution < -0.4 is 0 Å². The lowest BCUT2D eigenvalue weighted by atomic mass is 9.97. The van der Waals surface area contributed by atoms with Crippen LogP contribution in [0.5, 0.6) is 0 Å². The highest BCUT2D eigenvalue weighted by molar-refractivity contribution is 5.80. The zero-order chi connectivity index (χ0) is 18.7. The van der Waals surface area contributed by atoms with Crippen molar-refractivity contribution in [3.8, 4) is 0 Å². The molecule has 0 spiro atoms. The van der Waals surface area contributed by atoms with Gasteiger partial charge in [-0.1, -0.05) is 27.0 Å². The summed E-state index contributed by atoms with van der Waals surface area (Å²) in [7, 11) is 0. The summed E-state index contributed by atoms with van der Waals surface area (Å²) in [5.41, 5.74) is -0.306. The van der Waals surface area contributed by atoms with Crippen LogP contribution in [-0.4, -0.2) is 48.6 Å². The van der Waals surface area contributed by atoms with Gasteiger partial charge in [0.1, 0.15) is 0 Å². The maximum atomic E-state index is 10.1. The molecule has 0 saturated carbocycles. The van der Waals surface area contributed by atoms with Gasteiger partial charge in [-0.25, -0.2) is 9.59 Å². The summed E-state index contributed by atoms with van der Waals surface area (Å²) in [5.74, 6) is -1.13. The molecule has 0 aliphatic rings. The van der Waals surface area contributed by atoms with E-state index < -0.39 is 11.9 Å². The summed E-state index contributed by atoms with van der Waals surface area (Å²) in [6, 6.07) is 0. The summed E-state index contributed by atoms with van der Waals surface area (Å²) < 4.78 is 0. The lowest BCUT2D eigenvalue weighted by molar-refractivity contribution is -0.264. The first-order valence-electron chi connectivity index (χ1n) is 6.87. The van der Waals surface area contributed by atoms with Crippen LogP contribution in [0.25, 0.3) is 0 Å². The Labute approximate surface area is 137 Å². The molecule has 8 nitrogen and oxygen atoms in total.